The van der Waals surface area contributed by atoms with Crippen LogP contribution in [0.3, 0.4) is 0 Å². The van der Waals surface area contributed by atoms with Gasteiger partial charge in [0.25, 0.3) is 5.91 Å². The zero-order chi connectivity index (χ0) is 21.1. The average molecular weight is 464 g/mol. The molecule has 150 valence electrons. The number of benzene rings is 2. The standard InChI is InChI=1S/C19H15BrFN3O5/c1-29-15-8-11(20)6-10(17(15)26)7-14-18(27)24(19(28)23-14)9-16(25)22-13-5-3-2-4-12(13)21/h2-8,26H,9H2,1H3,(H,22,25)(H,23,28)/b14-7+. The van der Waals surface area contributed by atoms with E-state index in [1.807, 2.05) is 0 Å². The number of anilines is 1. The second-order valence-electron chi connectivity index (χ2n) is 5.95. The van der Waals surface area contributed by atoms with Crippen LogP contribution in [0, 0.1) is 5.82 Å². The van der Waals surface area contributed by atoms with Gasteiger partial charge < -0.3 is 20.5 Å². The third kappa shape index (κ3) is 4.37. The second kappa shape index (κ2) is 8.31. The van der Waals surface area contributed by atoms with E-state index in [1.54, 1.807) is 0 Å². The molecule has 0 radical (unpaired) electrons. The third-order valence-corrected chi connectivity index (χ3v) is 4.46. The van der Waals surface area contributed by atoms with Gasteiger partial charge in [0.1, 0.15) is 18.1 Å². The highest BCUT2D eigenvalue weighted by Crippen LogP contribution is 2.35. The SMILES string of the molecule is COc1cc(Br)cc(/C=C2/NC(=O)N(CC(=O)Nc3ccccc3F)C2=O)c1O. The number of phenols is 1. The zero-order valence-electron chi connectivity index (χ0n) is 15.0. The molecule has 8 nitrogen and oxygen atoms in total. The van der Waals surface area contributed by atoms with Gasteiger partial charge >= 0.3 is 6.03 Å². The maximum Gasteiger partial charge on any atom is 0.329 e. The molecular weight excluding hydrogens is 449 g/mol. The zero-order valence-corrected chi connectivity index (χ0v) is 16.6. The fourth-order valence-electron chi connectivity index (χ4n) is 2.63. The molecule has 1 saturated heterocycles. The first-order chi connectivity index (χ1) is 13.8. The summed E-state index contributed by atoms with van der Waals surface area (Å²) in [5.41, 5.74) is 0.0214. The molecular formula is C19H15BrFN3O5. The van der Waals surface area contributed by atoms with E-state index in [9.17, 15) is 23.9 Å². The lowest BCUT2D eigenvalue weighted by Gasteiger charge is -2.12. The van der Waals surface area contributed by atoms with Crippen molar-refractivity contribution in [2.75, 3.05) is 19.0 Å². The number of amides is 4. The fraction of sp³-hybridized carbons (Fsp3) is 0.105. The van der Waals surface area contributed by atoms with Gasteiger partial charge in [0.2, 0.25) is 5.91 Å². The number of nitrogens with zero attached hydrogens (tertiary/aromatic N) is 1. The first kappa shape index (κ1) is 20.3. The van der Waals surface area contributed by atoms with Crippen LogP contribution in [0.1, 0.15) is 5.56 Å². The molecule has 29 heavy (non-hydrogen) atoms. The summed E-state index contributed by atoms with van der Waals surface area (Å²) in [5.74, 6) is -2.20. The van der Waals surface area contributed by atoms with Gasteiger partial charge in [-0.2, -0.15) is 0 Å². The summed E-state index contributed by atoms with van der Waals surface area (Å²) in [4.78, 5) is 37.4. The minimum atomic E-state index is -0.814. The van der Waals surface area contributed by atoms with Crippen LogP contribution in [-0.4, -0.2) is 41.5 Å². The topological polar surface area (TPSA) is 108 Å². The number of para-hydroxylation sites is 1. The van der Waals surface area contributed by atoms with Crippen molar-refractivity contribution in [2.24, 2.45) is 0 Å². The molecule has 0 bridgehead atoms. The van der Waals surface area contributed by atoms with Gasteiger partial charge in [0.15, 0.2) is 11.5 Å². The van der Waals surface area contributed by atoms with Gasteiger partial charge in [-0.1, -0.05) is 28.1 Å². The van der Waals surface area contributed by atoms with Gasteiger partial charge in [-0.05, 0) is 30.3 Å². The number of carbonyl (C=O) groups is 3. The highest BCUT2D eigenvalue weighted by molar-refractivity contribution is 9.10. The Kier molecular flexibility index (Phi) is 5.83. The number of hydrogen-bond acceptors (Lipinski definition) is 5. The highest BCUT2D eigenvalue weighted by Gasteiger charge is 2.35. The van der Waals surface area contributed by atoms with Crippen molar-refractivity contribution >= 4 is 45.5 Å². The molecule has 0 unspecified atom stereocenters. The molecule has 0 spiro atoms. The number of urea groups is 1. The molecule has 3 rings (SSSR count). The fourth-order valence-corrected chi connectivity index (χ4v) is 3.08. The van der Waals surface area contributed by atoms with Crippen LogP contribution >= 0.6 is 15.9 Å². The van der Waals surface area contributed by atoms with Gasteiger partial charge in [-0.3, -0.25) is 9.59 Å². The molecule has 1 aliphatic rings. The molecule has 0 atom stereocenters. The average Bonchev–Trinajstić information content (AvgIpc) is 2.93. The molecule has 0 aromatic heterocycles. The minimum absolute atomic E-state index is 0.0635. The van der Waals surface area contributed by atoms with Crippen LogP contribution in [0.15, 0.2) is 46.6 Å². The normalized spacial score (nSPS) is 14.9. The summed E-state index contributed by atoms with van der Waals surface area (Å²) in [6.45, 7) is -0.607. The van der Waals surface area contributed by atoms with Gasteiger partial charge in [0.05, 0.1) is 12.8 Å². The Hall–Kier alpha value is -3.40. The van der Waals surface area contributed by atoms with Gasteiger partial charge in [-0.25, -0.2) is 14.1 Å². The predicted molar refractivity (Wildman–Crippen MR) is 106 cm³/mol. The van der Waals surface area contributed by atoms with Crippen LogP contribution in [0.4, 0.5) is 14.9 Å². The van der Waals surface area contributed by atoms with Crippen molar-refractivity contribution in [1.29, 1.82) is 0 Å². The smallest absolute Gasteiger partial charge is 0.329 e. The molecule has 3 N–H and O–H groups in total. The Morgan fingerprint density at radius 2 is 2.07 bits per heavy atom. The van der Waals surface area contributed by atoms with Crippen molar-refractivity contribution in [3.05, 3.63) is 57.9 Å². The third-order valence-electron chi connectivity index (χ3n) is 4.00. The quantitative estimate of drug-likeness (QED) is 0.466. The Balaban J connectivity index is 1.78. The first-order valence-electron chi connectivity index (χ1n) is 8.25. The van der Waals surface area contributed by atoms with Crippen molar-refractivity contribution in [2.45, 2.75) is 0 Å². The number of hydrogen-bond donors (Lipinski definition) is 3. The van der Waals surface area contributed by atoms with Crippen molar-refractivity contribution in [3.63, 3.8) is 0 Å². The molecule has 1 aliphatic heterocycles. The van der Waals surface area contributed by atoms with Crippen molar-refractivity contribution in [1.82, 2.24) is 10.2 Å². The van der Waals surface area contributed by atoms with Crippen molar-refractivity contribution < 1.29 is 28.6 Å². The molecule has 0 aliphatic carbocycles. The largest absolute Gasteiger partial charge is 0.504 e. The summed E-state index contributed by atoms with van der Waals surface area (Å²) >= 11 is 3.26. The number of imide groups is 1. The van der Waals surface area contributed by atoms with Crippen molar-refractivity contribution in [3.8, 4) is 11.5 Å². The van der Waals surface area contributed by atoms with E-state index in [-0.39, 0.29) is 28.4 Å². The lowest BCUT2D eigenvalue weighted by molar-refractivity contribution is -0.127. The summed E-state index contributed by atoms with van der Waals surface area (Å²) in [6, 6.07) is 7.77. The highest BCUT2D eigenvalue weighted by atomic mass is 79.9. The van der Waals surface area contributed by atoms with E-state index in [4.69, 9.17) is 4.74 Å². The van der Waals surface area contributed by atoms with E-state index >= 15 is 0 Å². The second-order valence-corrected chi connectivity index (χ2v) is 6.87. The van der Waals surface area contributed by atoms with E-state index < -0.39 is 30.2 Å². The Bertz CT molecular complexity index is 1040. The first-order valence-corrected chi connectivity index (χ1v) is 9.05. The Morgan fingerprint density at radius 1 is 1.34 bits per heavy atom. The van der Waals surface area contributed by atoms with E-state index in [0.717, 1.165) is 0 Å². The maximum atomic E-state index is 13.6. The summed E-state index contributed by atoms with van der Waals surface area (Å²) in [6.07, 6.45) is 1.26. The monoisotopic (exact) mass is 463 g/mol. The predicted octanol–water partition coefficient (Wildman–Crippen LogP) is 2.83. The lowest BCUT2D eigenvalue weighted by atomic mass is 10.1. The van der Waals surface area contributed by atoms with Crippen LogP contribution in [0.5, 0.6) is 11.5 Å². The Labute approximate surface area is 173 Å². The maximum absolute atomic E-state index is 13.6. The number of aromatic hydroxyl groups is 1. The number of phenolic OH excluding ortho intramolecular Hbond substituents is 1. The van der Waals surface area contributed by atoms with Crippen LogP contribution in [0.2, 0.25) is 0 Å². The number of carbonyl (C=O) groups excluding carboxylic acids is 3. The molecule has 4 amide bonds. The van der Waals surface area contributed by atoms with Gasteiger partial charge in [0, 0.05) is 10.0 Å². The van der Waals surface area contributed by atoms with Crippen LogP contribution < -0.4 is 15.4 Å². The number of nitrogens with one attached hydrogen (secondary N) is 2. The number of halogens is 2. The summed E-state index contributed by atoms with van der Waals surface area (Å²) in [5, 5.41) is 14.8. The summed E-state index contributed by atoms with van der Waals surface area (Å²) in [7, 11) is 1.37. The number of ether oxygens (including phenoxy) is 1. The minimum Gasteiger partial charge on any atom is -0.504 e. The Morgan fingerprint density at radius 3 is 2.76 bits per heavy atom. The van der Waals surface area contributed by atoms with E-state index in [0.29, 0.717) is 9.37 Å². The van der Waals surface area contributed by atoms with Crippen LogP contribution in [-0.2, 0) is 9.59 Å². The molecule has 2 aromatic carbocycles. The van der Waals surface area contributed by atoms with E-state index in [2.05, 4.69) is 26.6 Å². The molecule has 0 saturated carbocycles. The number of rotatable bonds is 5. The molecule has 1 fully saturated rings. The molecule has 2 aromatic rings. The number of methoxy groups -OCH3 is 1. The van der Waals surface area contributed by atoms with Gasteiger partial charge in [-0.15, -0.1) is 0 Å². The molecule has 10 heteroatoms. The lowest BCUT2D eigenvalue weighted by Crippen LogP contribution is -2.38. The summed E-state index contributed by atoms with van der Waals surface area (Å²) < 4.78 is 19.3. The molecule has 1 heterocycles. The van der Waals surface area contributed by atoms with Crippen LogP contribution in [0.25, 0.3) is 6.08 Å². The van der Waals surface area contributed by atoms with E-state index in [1.165, 1.54) is 49.6 Å².